The van der Waals surface area contributed by atoms with E-state index < -0.39 is 0 Å². The number of nitrogens with one attached hydrogen (secondary N) is 2. The Morgan fingerprint density at radius 2 is 1.24 bits per heavy atom. The van der Waals surface area contributed by atoms with Crippen LogP contribution in [0.3, 0.4) is 0 Å². The average molecular weight is 456 g/mol. The summed E-state index contributed by atoms with van der Waals surface area (Å²) in [5.41, 5.74) is 11.5. The fourth-order valence-electron chi connectivity index (χ4n) is 4.50. The number of fused-ring (bicyclic) bond motifs is 2. The molecule has 29 heavy (non-hydrogen) atoms. The minimum absolute atomic E-state index is 0.131. The molecule has 1 aromatic heterocycles. The van der Waals surface area contributed by atoms with E-state index in [1.807, 2.05) is 36.4 Å². The van der Waals surface area contributed by atoms with Crippen molar-refractivity contribution in [3.63, 3.8) is 0 Å². The monoisotopic (exact) mass is 455 g/mol. The largest absolute Gasteiger partial charge is 0.291 e. The molecule has 152 valence electrons. The van der Waals surface area contributed by atoms with Gasteiger partial charge in [-0.3, -0.25) is 26.4 Å². The van der Waals surface area contributed by atoms with Gasteiger partial charge in [-0.15, -0.1) is 0 Å². The molecule has 0 spiro atoms. The lowest BCUT2D eigenvalue weighted by atomic mass is 9.73. The summed E-state index contributed by atoms with van der Waals surface area (Å²) in [4.78, 5) is 5.05. The number of hydrogen-bond acceptors (Lipinski definition) is 5. The Bertz CT molecular complexity index is 979. The van der Waals surface area contributed by atoms with Crippen molar-refractivity contribution in [2.75, 3.05) is 0 Å². The molecule has 5 nitrogen and oxygen atoms in total. The molecule has 6 heteroatoms. The Kier molecular flexibility index (Phi) is 4.84. The normalized spacial score (nSPS) is 18.9. The van der Waals surface area contributed by atoms with Crippen LogP contribution in [-0.2, 0) is 12.8 Å². The van der Waals surface area contributed by atoms with E-state index in [2.05, 4.69) is 54.6 Å². The van der Waals surface area contributed by atoms with Crippen LogP contribution in [0.15, 0.2) is 40.9 Å². The molecule has 0 amide bonds. The van der Waals surface area contributed by atoms with E-state index in [0.29, 0.717) is 11.4 Å². The van der Waals surface area contributed by atoms with Crippen LogP contribution >= 0.6 is 15.9 Å². The molecular weight excluding hydrogens is 430 g/mol. The maximum absolute atomic E-state index is 9.96. The van der Waals surface area contributed by atoms with E-state index in [1.165, 1.54) is 0 Å². The zero-order valence-electron chi connectivity index (χ0n) is 17.1. The summed E-state index contributed by atoms with van der Waals surface area (Å²) < 4.78 is 0.993. The second-order valence-electron chi connectivity index (χ2n) is 9.31. The summed E-state index contributed by atoms with van der Waals surface area (Å²) in [6, 6.07) is 8.09. The number of hydroxylamine groups is 2. The molecular formula is C23H26BrN3O2. The number of pyridine rings is 1. The Labute approximate surface area is 179 Å². The molecule has 1 aromatic carbocycles. The molecule has 4 rings (SSSR count). The van der Waals surface area contributed by atoms with Crippen molar-refractivity contribution in [2.45, 2.75) is 40.5 Å². The summed E-state index contributed by atoms with van der Waals surface area (Å²) in [6.07, 6.45) is 5.65. The first-order valence-electron chi connectivity index (χ1n) is 9.72. The third kappa shape index (κ3) is 3.61. The molecule has 0 saturated heterocycles. The van der Waals surface area contributed by atoms with E-state index in [9.17, 15) is 10.4 Å². The highest BCUT2D eigenvalue weighted by Crippen LogP contribution is 2.46. The first kappa shape index (κ1) is 20.1. The van der Waals surface area contributed by atoms with Gasteiger partial charge >= 0.3 is 0 Å². The Balaban J connectivity index is 2.10. The summed E-state index contributed by atoms with van der Waals surface area (Å²) in [7, 11) is 0. The number of aromatic nitrogens is 1. The van der Waals surface area contributed by atoms with Crippen LogP contribution in [0.25, 0.3) is 22.5 Å². The van der Waals surface area contributed by atoms with Gasteiger partial charge in [0.25, 0.3) is 0 Å². The molecule has 0 fully saturated rings. The fraction of sp³-hybridized carbons (Fsp3) is 0.348. The van der Waals surface area contributed by atoms with Crippen molar-refractivity contribution in [3.05, 3.63) is 63.4 Å². The molecule has 2 aliphatic carbocycles. The zero-order chi connectivity index (χ0) is 21.0. The third-order valence-corrected chi connectivity index (χ3v) is 6.10. The molecule has 0 saturated carbocycles. The van der Waals surface area contributed by atoms with Crippen molar-refractivity contribution in [2.24, 2.45) is 10.8 Å². The average Bonchev–Trinajstić information content (AvgIpc) is 2.64. The summed E-state index contributed by atoms with van der Waals surface area (Å²) in [5.74, 6) is 0. The summed E-state index contributed by atoms with van der Waals surface area (Å²) in [6.45, 7) is 8.55. The van der Waals surface area contributed by atoms with Gasteiger partial charge in [0.1, 0.15) is 0 Å². The van der Waals surface area contributed by atoms with Crippen LogP contribution in [0.2, 0.25) is 0 Å². The van der Waals surface area contributed by atoms with Gasteiger partial charge in [-0.2, -0.15) is 0 Å². The Morgan fingerprint density at radius 3 is 1.66 bits per heavy atom. The van der Waals surface area contributed by atoms with Gasteiger partial charge in [0.15, 0.2) is 0 Å². The van der Waals surface area contributed by atoms with E-state index in [1.54, 1.807) is 0 Å². The van der Waals surface area contributed by atoms with E-state index in [0.717, 1.165) is 51.0 Å². The number of halogens is 1. The molecule has 0 atom stereocenters. The molecule has 2 aromatic rings. The van der Waals surface area contributed by atoms with Crippen LogP contribution in [0.5, 0.6) is 0 Å². The molecule has 1 heterocycles. The van der Waals surface area contributed by atoms with Gasteiger partial charge in [-0.05, 0) is 41.4 Å². The smallest absolute Gasteiger partial charge is 0.0664 e. The summed E-state index contributed by atoms with van der Waals surface area (Å²) in [5, 5.41) is 19.9. The van der Waals surface area contributed by atoms with Gasteiger partial charge in [0, 0.05) is 21.2 Å². The standard InChI is InChI=1S/C23H26BrN3O2/c1-22(2)9-15-20(17(11-22)26-28)19(13-5-7-14(24)8-6-13)21-16(25-15)10-23(3,4)12-18(21)27-29/h5-8,11-12,26-29H,9-10H2,1-4H3. The zero-order valence-corrected chi connectivity index (χ0v) is 18.7. The number of benzene rings is 1. The van der Waals surface area contributed by atoms with Crippen LogP contribution in [0.1, 0.15) is 50.2 Å². The number of allylic oxidation sites excluding steroid dienone is 2. The van der Waals surface area contributed by atoms with Crippen LogP contribution < -0.4 is 11.0 Å². The van der Waals surface area contributed by atoms with Crippen LogP contribution in [0.4, 0.5) is 0 Å². The van der Waals surface area contributed by atoms with Crippen molar-refractivity contribution >= 4 is 27.3 Å². The lowest BCUT2D eigenvalue weighted by molar-refractivity contribution is 0.221. The predicted octanol–water partition coefficient (Wildman–Crippen LogP) is 5.32. The van der Waals surface area contributed by atoms with E-state index in [-0.39, 0.29) is 10.8 Å². The number of hydrogen-bond donors (Lipinski definition) is 4. The topological polar surface area (TPSA) is 77.4 Å². The number of nitrogens with zero attached hydrogens (tertiary/aromatic N) is 1. The second-order valence-corrected chi connectivity index (χ2v) is 10.2. The highest BCUT2D eigenvalue weighted by atomic mass is 79.9. The Hall–Kier alpha value is -2.15. The molecule has 0 radical (unpaired) electrons. The molecule has 2 aliphatic rings. The van der Waals surface area contributed by atoms with Crippen LogP contribution in [0, 0.1) is 10.8 Å². The van der Waals surface area contributed by atoms with Gasteiger partial charge in [0.2, 0.25) is 0 Å². The van der Waals surface area contributed by atoms with Crippen LogP contribution in [-0.4, -0.2) is 15.4 Å². The summed E-state index contributed by atoms with van der Waals surface area (Å²) >= 11 is 3.51. The SMILES string of the molecule is CC1(C)C=C(NO)c2c(nc3c(c2-c2ccc(Br)cc2)C(NO)=CC(C)(C)C3)C1. The molecule has 0 aliphatic heterocycles. The first-order valence-corrected chi connectivity index (χ1v) is 10.5. The van der Waals surface area contributed by atoms with E-state index in [4.69, 9.17) is 4.98 Å². The maximum Gasteiger partial charge on any atom is 0.0664 e. The highest BCUT2D eigenvalue weighted by molar-refractivity contribution is 9.10. The van der Waals surface area contributed by atoms with Gasteiger partial charge in [0.05, 0.1) is 22.8 Å². The minimum atomic E-state index is -0.131. The van der Waals surface area contributed by atoms with Crippen molar-refractivity contribution < 1.29 is 10.4 Å². The Morgan fingerprint density at radius 1 is 0.793 bits per heavy atom. The molecule has 4 N–H and O–H groups in total. The first-order chi connectivity index (χ1) is 13.6. The molecule has 0 bridgehead atoms. The lowest BCUT2D eigenvalue weighted by Crippen LogP contribution is -2.29. The van der Waals surface area contributed by atoms with Crippen molar-refractivity contribution in [3.8, 4) is 11.1 Å². The van der Waals surface area contributed by atoms with E-state index >= 15 is 0 Å². The minimum Gasteiger partial charge on any atom is -0.291 e. The number of rotatable bonds is 3. The fourth-order valence-corrected chi connectivity index (χ4v) is 4.76. The predicted molar refractivity (Wildman–Crippen MR) is 118 cm³/mol. The second kappa shape index (κ2) is 6.97. The lowest BCUT2D eigenvalue weighted by Gasteiger charge is -2.35. The molecule has 0 unspecified atom stereocenters. The van der Waals surface area contributed by atoms with Crippen molar-refractivity contribution in [1.29, 1.82) is 0 Å². The third-order valence-electron chi connectivity index (χ3n) is 5.58. The van der Waals surface area contributed by atoms with Crippen molar-refractivity contribution in [1.82, 2.24) is 15.9 Å². The van der Waals surface area contributed by atoms with Gasteiger partial charge < -0.3 is 0 Å². The quantitative estimate of drug-likeness (QED) is 0.471. The van der Waals surface area contributed by atoms with Gasteiger partial charge in [-0.25, -0.2) is 0 Å². The van der Waals surface area contributed by atoms with Gasteiger partial charge in [-0.1, -0.05) is 67.9 Å². The maximum atomic E-state index is 9.96. The highest BCUT2D eigenvalue weighted by Gasteiger charge is 2.35.